The molecule has 1 fully saturated rings. The average Bonchev–Trinajstić information content (AvgIpc) is 2.35. The number of rotatable bonds is 3. The van der Waals surface area contributed by atoms with E-state index >= 15 is 0 Å². The number of nitrogens with zero attached hydrogens (tertiary/aromatic N) is 2. The van der Waals surface area contributed by atoms with Gasteiger partial charge >= 0.3 is 0 Å². The Morgan fingerprint density at radius 1 is 1.77 bits per heavy atom. The Morgan fingerprint density at radius 3 is 3.00 bits per heavy atom. The number of amides is 1. The van der Waals surface area contributed by atoms with E-state index in [1.54, 1.807) is 11.0 Å². The summed E-state index contributed by atoms with van der Waals surface area (Å²) in [6.45, 7) is 8.19. The van der Waals surface area contributed by atoms with Crippen molar-refractivity contribution in [3.05, 3.63) is 12.7 Å². The highest BCUT2D eigenvalue weighted by molar-refractivity contribution is 8.15. The third kappa shape index (κ3) is 2.59. The molecule has 1 saturated heterocycles. The highest BCUT2D eigenvalue weighted by atomic mass is 32.2. The van der Waals surface area contributed by atoms with Crippen LogP contribution in [0, 0.1) is 0 Å². The minimum absolute atomic E-state index is 0.129. The van der Waals surface area contributed by atoms with Crippen LogP contribution in [0.2, 0.25) is 0 Å². The van der Waals surface area contributed by atoms with Gasteiger partial charge < -0.3 is 0 Å². The van der Waals surface area contributed by atoms with E-state index in [1.165, 1.54) is 11.8 Å². The fourth-order valence-corrected chi connectivity index (χ4v) is 2.05. The van der Waals surface area contributed by atoms with Gasteiger partial charge in [-0.05, 0) is 13.8 Å². The van der Waals surface area contributed by atoms with Crippen LogP contribution in [0.15, 0.2) is 17.6 Å². The largest absolute Gasteiger partial charge is 0.287 e. The van der Waals surface area contributed by atoms with Crippen LogP contribution in [0.25, 0.3) is 0 Å². The van der Waals surface area contributed by atoms with Gasteiger partial charge in [0.2, 0.25) is 5.91 Å². The van der Waals surface area contributed by atoms with E-state index in [9.17, 15) is 4.79 Å². The fraction of sp³-hybridized carbons (Fsp3) is 0.556. The molecular weight excluding hydrogens is 184 g/mol. The number of amidine groups is 1. The van der Waals surface area contributed by atoms with E-state index in [-0.39, 0.29) is 11.9 Å². The predicted octanol–water partition coefficient (Wildman–Crippen LogP) is 1.51. The molecule has 0 unspecified atom stereocenters. The van der Waals surface area contributed by atoms with Crippen molar-refractivity contribution in [2.24, 2.45) is 4.99 Å². The number of thioether (sulfide) groups is 1. The van der Waals surface area contributed by atoms with E-state index in [0.717, 1.165) is 5.17 Å². The van der Waals surface area contributed by atoms with Crippen molar-refractivity contribution >= 4 is 22.8 Å². The summed E-state index contributed by atoms with van der Waals surface area (Å²) >= 11 is 1.51. The smallest absolute Gasteiger partial charge is 0.239 e. The second-order valence-electron chi connectivity index (χ2n) is 3.09. The Labute approximate surface area is 82.9 Å². The first-order chi connectivity index (χ1) is 6.15. The van der Waals surface area contributed by atoms with Gasteiger partial charge in [-0.25, -0.2) is 0 Å². The molecule has 3 nitrogen and oxygen atoms in total. The van der Waals surface area contributed by atoms with Gasteiger partial charge in [0.15, 0.2) is 5.17 Å². The third-order valence-corrected chi connectivity index (χ3v) is 2.51. The minimum atomic E-state index is 0.129. The summed E-state index contributed by atoms with van der Waals surface area (Å²) in [6, 6.07) is 0.237. The quantitative estimate of drug-likeness (QED) is 0.644. The van der Waals surface area contributed by atoms with Gasteiger partial charge in [-0.2, -0.15) is 0 Å². The molecule has 0 aliphatic carbocycles. The molecule has 0 aromatic rings. The zero-order valence-corrected chi connectivity index (χ0v) is 8.80. The number of carbonyl (C=O) groups excluding carboxylic acids is 1. The molecule has 1 aliphatic heterocycles. The van der Waals surface area contributed by atoms with Crippen molar-refractivity contribution in [1.82, 2.24) is 4.90 Å². The van der Waals surface area contributed by atoms with Crippen molar-refractivity contribution in [1.29, 1.82) is 0 Å². The lowest BCUT2D eigenvalue weighted by atomic mass is 10.4. The molecule has 0 radical (unpaired) electrons. The molecule has 1 amide bonds. The normalized spacial score (nSPS) is 20.4. The first-order valence-corrected chi connectivity index (χ1v) is 5.25. The number of aliphatic imine (C=N–C) groups is 1. The van der Waals surface area contributed by atoms with E-state index in [2.05, 4.69) is 11.6 Å². The van der Waals surface area contributed by atoms with Crippen molar-refractivity contribution in [2.45, 2.75) is 19.9 Å². The molecule has 0 aromatic heterocycles. The standard InChI is InChI=1S/C9H14N2OS/c1-4-5-11-8(12)6-13-9(11)10-7(2)3/h4,7H,1,5-6H2,2-3H3/b10-9-. The second-order valence-corrected chi connectivity index (χ2v) is 4.03. The first kappa shape index (κ1) is 10.3. The van der Waals surface area contributed by atoms with Gasteiger partial charge in [0, 0.05) is 12.6 Å². The molecule has 0 spiro atoms. The summed E-state index contributed by atoms with van der Waals surface area (Å²) in [5, 5.41) is 0.833. The van der Waals surface area contributed by atoms with E-state index < -0.39 is 0 Å². The maximum Gasteiger partial charge on any atom is 0.239 e. The lowest BCUT2D eigenvalue weighted by molar-refractivity contribution is -0.123. The molecule has 0 saturated carbocycles. The lowest BCUT2D eigenvalue weighted by Crippen LogP contribution is -2.30. The molecule has 1 aliphatic rings. The van der Waals surface area contributed by atoms with Crippen LogP contribution in [0.1, 0.15) is 13.8 Å². The van der Waals surface area contributed by atoms with Crippen molar-refractivity contribution in [2.75, 3.05) is 12.3 Å². The van der Waals surface area contributed by atoms with Gasteiger partial charge in [0.1, 0.15) is 0 Å². The van der Waals surface area contributed by atoms with E-state index in [0.29, 0.717) is 12.3 Å². The van der Waals surface area contributed by atoms with Gasteiger partial charge in [-0.3, -0.25) is 14.7 Å². The van der Waals surface area contributed by atoms with Crippen molar-refractivity contribution in [3.63, 3.8) is 0 Å². The summed E-state index contributed by atoms with van der Waals surface area (Å²) in [5.74, 6) is 0.642. The van der Waals surface area contributed by atoms with Crippen LogP contribution in [-0.2, 0) is 4.79 Å². The first-order valence-electron chi connectivity index (χ1n) is 4.27. The molecular formula is C9H14N2OS. The summed E-state index contributed by atoms with van der Waals surface area (Å²) in [7, 11) is 0. The van der Waals surface area contributed by atoms with Gasteiger partial charge in [-0.1, -0.05) is 17.8 Å². The van der Waals surface area contributed by atoms with Crippen LogP contribution in [0.4, 0.5) is 0 Å². The maximum absolute atomic E-state index is 11.3. The zero-order valence-electron chi connectivity index (χ0n) is 7.99. The Kier molecular flexibility index (Phi) is 3.54. The second kappa shape index (κ2) is 4.46. The highest BCUT2D eigenvalue weighted by Crippen LogP contribution is 2.19. The average molecular weight is 198 g/mol. The summed E-state index contributed by atoms with van der Waals surface area (Å²) in [4.78, 5) is 17.4. The molecule has 13 heavy (non-hydrogen) atoms. The lowest BCUT2D eigenvalue weighted by Gasteiger charge is -2.13. The molecule has 4 heteroatoms. The molecule has 1 rings (SSSR count). The number of hydrogen-bond acceptors (Lipinski definition) is 3. The van der Waals surface area contributed by atoms with Gasteiger partial charge in [0.05, 0.1) is 5.75 Å². The number of hydrogen-bond donors (Lipinski definition) is 0. The summed E-state index contributed by atoms with van der Waals surface area (Å²) in [6.07, 6.45) is 1.72. The van der Waals surface area contributed by atoms with E-state index in [4.69, 9.17) is 0 Å². The highest BCUT2D eigenvalue weighted by Gasteiger charge is 2.26. The van der Waals surface area contributed by atoms with Crippen molar-refractivity contribution in [3.8, 4) is 0 Å². The van der Waals surface area contributed by atoms with Gasteiger partial charge in [0.25, 0.3) is 0 Å². The molecule has 0 aromatic carbocycles. The Bertz CT molecular complexity index is 248. The molecule has 0 N–H and O–H groups in total. The molecule has 72 valence electrons. The van der Waals surface area contributed by atoms with Crippen LogP contribution < -0.4 is 0 Å². The zero-order chi connectivity index (χ0) is 9.84. The summed E-state index contributed by atoms with van der Waals surface area (Å²) < 4.78 is 0. The summed E-state index contributed by atoms with van der Waals surface area (Å²) in [5.41, 5.74) is 0. The molecule has 1 heterocycles. The maximum atomic E-state index is 11.3. The van der Waals surface area contributed by atoms with Crippen molar-refractivity contribution < 1.29 is 4.79 Å². The monoisotopic (exact) mass is 198 g/mol. The SMILES string of the molecule is C=CCN1C(=O)CS/C1=N\C(C)C. The fourth-order valence-electron chi connectivity index (χ4n) is 1.03. The molecule has 0 bridgehead atoms. The Morgan fingerprint density at radius 2 is 2.46 bits per heavy atom. The third-order valence-electron chi connectivity index (χ3n) is 1.54. The number of carbonyl (C=O) groups is 1. The van der Waals surface area contributed by atoms with Crippen LogP contribution in [0.5, 0.6) is 0 Å². The van der Waals surface area contributed by atoms with Crippen LogP contribution in [0.3, 0.4) is 0 Å². The molecule has 0 atom stereocenters. The van der Waals surface area contributed by atoms with Crippen LogP contribution >= 0.6 is 11.8 Å². The van der Waals surface area contributed by atoms with E-state index in [1.807, 2.05) is 13.8 Å². The van der Waals surface area contributed by atoms with Crippen LogP contribution in [-0.4, -0.2) is 34.3 Å². The predicted molar refractivity (Wildman–Crippen MR) is 56.9 cm³/mol. The Balaban J connectivity index is 2.74. The Hall–Kier alpha value is -0.770. The topological polar surface area (TPSA) is 32.7 Å². The minimum Gasteiger partial charge on any atom is -0.287 e. The van der Waals surface area contributed by atoms with Gasteiger partial charge in [-0.15, -0.1) is 6.58 Å².